The van der Waals surface area contributed by atoms with E-state index in [1.54, 1.807) is 13.8 Å². The molecule has 0 spiro atoms. The van der Waals surface area contributed by atoms with E-state index in [2.05, 4.69) is 38.5 Å². The molecule has 12 heteroatoms. The van der Waals surface area contributed by atoms with Crippen LogP contribution in [0, 0.1) is 5.92 Å². The highest BCUT2D eigenvalue weighted by Gasteiger charge is 2.31. The monoisotopic (exact) mass is 428 g/mol. The number of carboxylic acids is 1. The Morgan fingerprint density at radius 1 is 1.10 bits per heavy atom. The zero-order chi connectivity index (χ0) is 22.1. The molecule has 11 nitrogen and oxygen atoms in total. The second kappa shape index (κ2) is 11.4. The summed E-state index contributed by atoms with van der Waals surface area (Å²) in [7, 11) is 0. The number of nitrogens with zero attached hydrogens (tertiary/aromatic N) is 1. The first kappa shape index (κ1) is 24.4. The van der Waals surface area contributed by atoms with Crippen LogP contribution in [0.15, 0.2) is 12.5 Å². The van der Waals surface area contributed by atoms with Crippen molar-refractivity contribution < 1.29 is 24.3 Å². The van der Waals surface area contributed by atoms with Gasteiger partial charge in [0.05, 0.1) is 12.4 Å². The molecule has 4 unspecified atom stereocenters. The van der Waals surface area contributed by atoms with E-state index in [0.717, 1.165) is 0 Å². The van der Waals surface area contributed by atoms with Gasteiger partial charge in [0, 0.05) is 24.1 Å². The van der Waals surface area contributed by atoms with Crippen LogP contribution in [-0.2, 0) is 25.6 Å². The first-order chi connectivity index (χ1) is 13.6. The second-order valence-corrected chi connectivity index (χ2v) is 7.31. The van der Waals surface area contributed by atoms with Crippen molar-refractivity contribution in [1.29, 1.82) is 0 Å². The highest BCUT2D eigenvalue weighted by Crippen LogP contribution is 2.06. The number of H-pyrrole nitrogens is 1. The lowest BCUT2D eigenvalue weighted by molar-refractivity contribution is -0.142. The van der Waals surface area contributed by atoms with Gasteiger partial charge in [-0.2, -0.15) is 12.6 Å². The molecule has 29 heavy (non-hydrogen) atoms. The smallest absolute Gasteiger partial charge is 0.327 e. The average Bonchev–Trinajstić information content (AvgIpc) is 3.15. The molecule has 0 saturated carbocycles. The lowest BCUT2D eigenvalue weighted by Gasteiger charge is -2.26. The summed E-state index contributed by atoms with van der Waals surface area (Å²) in [5, 5.41) is 16.6. The second-order valence-electron chi connectivity index (χ2n) is 6.94. The van der Waals surface area contributed by atoms with E-state index in [1.807, 2.05) is 0 Å². The van der Waals surface area contributed by atoms with Gasteiger partial charge in [-0.25, -0.2) is 9.78 Å². The topological polar surface area (TPSA) is 179 Å². The molecule has 0 aromatic carbocycles. The zero-order valence-corrected chi connectivity index (χ0v) is 17.4. The third-order valence-corrected chi connectivity index (χ3v) is 4.43. The number of aromatic amines is 1. The van der Waals surface area contributed by atoms with Gasteiger partial charge >= 0.3 is 5.97 Å². The normalized spacial score (nSPS) is 15.1. The van der Waals surface area contributed by atoms with E-state index in [1.165, 1.54) is 19.4 Å². The summed E-state index contributed by atoms with van der Waals surface area (Å²) in [5.74, 6) is -3.48. The average molecular weight is 429 g/mol. The van der Waals surface area contributed by atoms with Crippen molar-refractivity contribution >= 4 is 36.3 Å². The quantitative estimate of drug-likeness (QED) is 0.208. The Morgan fingerprint density at radius 3 is 2.17 bits per heavy atom. The Hall–Kier alpha value is -2.60. The Bertz CT molecular complexity index is 709. The number of hydrogen-bond donors (Lipinski definition) is 7. The van der Waals surface area contributed by atoms with Gasteiger partial charge in [0.15, 0.2) is 0 Å². The Kier molecular flexibility index (Phi) is 9.62. The van der Waals surface area contributed by atoms with E-state index in [0.29, 0.717) is 5.69 Å². The largest absolute Gasteiger partial charge is 0.480 e. The van der Waals surface area contributed by atoms with Crippen LogP contribution in [0.3, 0.4) is 0 Å². The zero-order valence-electron chi connectivity index (χ0n) is 16.5. The number of thiol groups is 1. The van der Waals surface area contributed by atoms with Crippen molar-refractivity contribution in [3.8, 4) is 0 Å². The molecule has 4 atom stereocenters. The molecule has 1 rings (SSSR count). The van der Waals surface area contributed by atoms with Gasteiger partial charge in [0.2, 0.25) is 17.7 Å². The van der Waals surface area contributed by atoms with Gasteiger partial charge in [0.1, 0.15) is 18.1 Å². The van der Waals surface area contributed by atoms with Gasteiger partial charge in [-0.3, -0.25) is 14.4 Å². The maximum absolute atomic E-state index is 12.8. The van der Waals surface area contributed by atoms with E-state index >= 15 is 0 Å². The van der Waals surface area contributed by atoms with E-state index in [9.17, 15) is 19.2 Å². The van der Waals surface area contributed by atoms with Crippen LogP contribution in [0.25, 0.3) is 0 Å². The van der Waals surface area contributed by atoms with Gasteiger partial charge < -0.3 is 31.8 Å². The molecule has 0 aliphatic carbocycles. The number of hydrogen-bond acceptors (Lipinski definition) is 7. The first-order valence-electron chi connectivity index (χ1n) is 9.04. The van der Waals surface area contributed by atoms with Crippen molar-refractivity contribution in [2.45, 2.75) is 51.4 Å². The summed E-state index contributed by atoms with van der Waals surface area (Å²) >= 11 is 3.91. The van der Waals surface area contributed by atoms with Crippen molar-refractivity contribution in [2.24, 2.45) is 11.7 Å². The summed E-state index contributed by atoms with van der Waals surface area (Å²) in [6, 6.07) is -4.05. The third-order valence-electron chi connectivity index (χ3n) is 4.07. The van der Waals surface area contributed by atoms with Crippen LogP contribution in [0.2, 0.25) is 0 Å². The minimum Gasteiger partial charge on any atom is -0.480 e. The standard InChI is InChI=1S/C17H28N6O5S/c1-8(2)13(16(26)22-12(6-29)17(27)28)23-15(25)11(21-14(24)9(3)18)4-10-5-19-7-20-10/h5,7-9,11-13,29H,4,6,18H2,1-3H3,(H,19,20)(H,21,24)(H,22,26)(H,23,25)(H,27,28). The minimum absolute atomic E-state index is 0.102. The van der Waals surface area contributed by atoms with Crippen LogP contribution < -0.4 is 21.7 Å². The number of amides is 3. The summed E-state index contributed by atoms with van der Waals surface area (Å²) in [5.41, 5.74) is 6.16. The Morgan fingerprint density at radius 2 is 1.72 bits per heavy atom. The van der Waals surface area contributed by atoms with Crippen LogP contribution in [0.4, 0.5) is 0 Å². The molecule has 0 saturated heterocycles. The number of rotatable bonds is 11. The molecule has 1 heterocycles. The van der Waals surface area contributed by atoms with Crippen LogP contribution in [0.5, 0.6) is 0 Å². The molecule has 162 valence electrons. The molecular weight excluding hydrogens is 400 g/mol. The molecule has 0 aliphatic heterocycles. The van der Waals surface area contributed by atoms with Gasteiger partial charge in [-0.05, 0) is 12.8 Å². The number of carboxylic acid groups (broad SMARTS) is 1. The highest BCUT2D eigenvalue weighted by molar-refractivity contribution is 7.80. The van der Waals surface area contributed by atoms with Gasteiger partial charge in [-0.1, -0.05) is 13.8 Å². The number of nitrogens with two attached hydrogens (primary N) is 1. The third kappa shape index (κ3) is 7.74. The molecule has 0 aliphatic rings. The summed E-state index contributed by atoms with van der Waals surface area (Å²) in [4.78, 5) is 55.2. The molecule has 1 aromatic heterocycles. The van der Waals surface area contributed by atoms with Crippen LogP contribution >= 0.6 is 12.6 Å². The molecular formula is C17H28N6O5S. The van der Waals surface area contributed by atoms with Crippen molar-refractivity contribution in [1.82, 2.24) is 25.9 Å². The van der Waals surface area contributed by atoms with E-state index in [4.69, 9.17) is 10.8 Å². The van der Waals surface area contributed by atoms with Crippen molar-refractivity contribution in [3.05, 3.63) is 18.2 Å². The number of aromatic nitrogens is 2. The van der Waals surface area contributed by atoms with Crippen LogP contribution in [-0.4, -0.2) is 68.7 Å². The lowest BCUT2D eigenvalue weighted by Crippen LogP contribution is -2.59. The Labute approximate surface area is 174 Å². The van der Waals surface area contributed by atoms with Gasteiger partial charge in [-0.15, -0.1) is 0 Å². The summed E-state index contributed by atoms with van der Waals surface area (Å²) < 4.78 is 0. The fourth-order valence-electron chi connectivity index (χ4n) is 2.36. The van der Waals surface area contributed by atoms with Crippen molar-refractivity contribution in [2.75, 3.05) is 5.75 Å². The molecule has 1 aromatic rings. The predicted octanol–water partition coefficient (Wildman–Crippen LogP) is -1.58. The maximum atomic E-state index is 12.8. The Balaban J connectivity index is 2.95. The number of carbonyl (C=O) groups excluding carboxylic acids is 3. The van der Waals surface area contributed by atoms with Crippen molar-refractivity contribution in [3.63, 3.8) is 0 Å². The number of aliphatic carboxylic acids is 1. The summed E-state index contributed by atoms with van der Waals surface area (Å²) in [6.45, 7) is 4.88. The van der Waals surface area contributed by atoms with E-state index in [-0.39, 0.29) is 18.1 Å². The molecule has 3 amide bonds. The number of imidazole rings is 1. The molecule has 0 fully saturated rings. The SMILES string of the molecule is CC(N)C(=O)NC(Cc1cnc[nH]1)C(=O)NC(C(=O)NC(CS)C(=O)O)C(C)C. The molecule has 0 bridgehead atoms. The molecule has 7 N–H and O–H groups in total. The maximum Gasteiger partial charge on any atom is 0.327 e. The number of nitrogens with one attached hydrogen (secondary N) is 4. The minimum atomic E-state index is -1.23. The fraction of sp³-hybridized carbons (Fsp3) is 0.588. The van der Waals surface area contributed by atoms with E-state index < -0.39 is 47.9 Å². The van der Waals surface area contributed by atoms with Gasteiger partial charge in [0.25, 0.3) is 0 Å². The van der Waals surface area contributed by atoms with Crippen LogP contribution in [0.1, 0.15) is 26.5 Å². The highest BCUT2D eigenvalue weighted by atomic mass is 32.1. The fourth-order valence-corrected chi connectivity index (χ4v) is 2.61. The first-order valence-corrected chi connectivity index (χ1v) is 9.67. The number of carbonyl (C=O) groups is 4. The lowest BCUT2D eigenvalue weighted by atomic mass is 10.0. The summed E-state index contributed by atoms with van der Waals surface area (Å²) in [6.07, 6.45) is 3.05. The predicted molar refractivity (Wildman–Crippen MR) is 108 cm³/mol. The molecule has 0 radical (unpaired) electrons.